The molecule has 0 unspecified atom stereocenters. The van der Waals surface area contributed by atoms with Crippen LogP contribution in [-0.2, 0) is 0 Å². The predicted octanol–water partition coefficient (Wildman–Crippen LogP) is 1.80. The van der Waals surface area contributed by atoms with Gasteiger partial charge in [0.25, 0.3) is 0 Å². The highest BCUT2D eigenvalue weighted by Gasteiger charge is 1.92. The number of rotatable bonds is 3. The first-order valence-corrected chi connectivity index (χ1v) is 3.01. The van der Waals surface area contributed by atoms with Crippen molar-refractivity contribution in [2.24, 2.45) is 11.7 Å². The zero-order chi connectivity index (χ0) is 5.70. The second-order valence-corrected chi connectivity index (χ2v) is 2.09. The minimum absolute atomic E-state index is 0. The molecular weight excluding hydrogens is 122 g/mol. The first-order chi connectivity index (χ1) is 3.31. The standard InChI is InChI=1S/C6H15N.ClH/c1-3-6(2)4-5-7;/h6H,3-5,7H2,1-2H3;1H/t6-;/m0./s1. The lowest BCUT2D eigenvalue weighted by Gasteiger charge is -2.02. The molecule has 0 aliphatic carbocycles. The molecule has 0 bridgehead atoms. The zero-order valence-electron chi connectivity index (χ0n) is 5.68. The maximum absolute atomic E-state index is 5.30. The van der Waals surface area contributed by atoms with Crippen LogP contribution in [0.2, 0.25) is 0 Å². The van der Waals surface area contributed by atoms with Gasteiger partial charge < -0.3 is 5.73 Å². The smallest absolute Gasteiger partial charge is 0.00747 e. The van der Waals surface area contributed by atoms with Gasteiger partial charge in [-0.2, -0.15) is 0 Å². The average molecular weight is 138 g/mol. The second kappa shape index (κ2) is 7.25. The lowest BCUT2D eigenvalue weighted by molar-refractivity contribution is 0.524. The average Bonchev–Trinajstić information content (AvgIpc) is 1.68. The minimum Gasteiger partial charge on any atom is -0.330 e. The third-order valence-corrected chi connectivity index (χ3v) is 1.36. The Balaban J connectivity index is 0. The van der Waals surface area contributed by atoms with Crippen LogP contribution >= 0.6 is 12.4 Å². The molecule has 0 aromatic rings. The summed E-state index contributed by atoms with van der Waals surface area (Å²) in [6, 6.07) is 0. The van der Waals surface area contributed by atoms with Gasteiger partial charge in [-0.25, -0.2) is 0 Å². The Labute approximate surface area is 58.1 Å². The van der Waals surface area contributed by atoms with E-state index >= 15 is 0 Å². The van der Waals surface area contributed by atoms with E-state index in [4.69, 9.17) is 5.73 Å². The molecule has 0 fully saturated rings. The Bertz CT molecular complexity index is 39.5. The van der Waals surface area contributed by atoms with Crippen molar-refractivity contribution in [2.75, 3.05) is 6.54 Å². The molecule has 2 N–H and O–H groups in total. The molecule has 0 aliphatic rings. The molecule has 1 atom stereocenters. The van der Waals surface area contributed by atoms with Gasteiger partial charge in [0.15, 0.2) is 0 Å². The molecule has 0 aromatic carbocycles. The van der Waals surface area contributed by atoms with E-state index in [1.807, 2.05) is 0 Å². The maximum Gasteiger partial charge on any atom is -0.00747 e. The first-order valence-electron chi connectivity index (χ1n) is 3.01. The fourth-order valence-electron chi connectivity index (χ4n) is 0.489. The van der Waals surface area contributed by atoms with Gasteiger partial charge in [0, 0.05) is 0 Å². The van der Waals surface area contributed by atoms with Crippen molar-refractivity contribution in [1.29, 1.82) is 0 Å². The Kier molecular flexibility index (Phi) is 10.1. The van der Waals surface area contributed by atoms with E-state index in [2.05, 4.69) is 13.8 Å². The summed E-state index contributed by atoms with van der Waals surface area (Å²) in [5.41, 5.74) is 5.30. The second-order valence-electron chi connectivity index (χ2n) is 2.09. The summed E-state index contributed by atoms with van der Waals surface area (Å²) < 4.78 is 0. The third-order valence-electron chi connectivity index (χ3n) is 1.36. The van der Waals surface area contributed by atoms with E-state index in [1.165, 1.54) is 12.8 Å². The SMILES string of the molecule is CC[C@H](C)CCN.Cl. The summed E-state index contributed by atoms with van der Waals surface area (Å²) in [7, 11) is 0. The van der Waals surface area contributed by atoms with Crippen molar-refractivity contribution in [1.82, 2.24) is 0 Å². The number of hydrogen-bond acceptors (Lipinski definition) is 1. The lowest BCUT2D eigenvalue weighted by Crippen LogP contribution is -2.04. The molecule has 0 heterocycles. The molecular formula is C6H16ClN. The number of nitrogens with two attached hydrogens (primary N) is 1. The van der Waals surface area contributed by atoms with Gasteiger partial charge in [-0.1, -0.05) is 20.3 Å². The van der Waals surface area contributed by atoms with Crippen LogP contribution in [0.1, 0.15) is 26.7 Å². The van der Waals surface area contributed by atoms with Crippen LogP contribution in [0.4, 0.5) is 0 Å². The van der Waals surface area contributed by atoms with Crippen LogP contribution in [0.5, 0.6) is 0 Å². The van der Waals surface area contributed by atoms with E-state index < -0.39 is 0 Å². The fraction of sp³-hybridized carbons (Fsp3) is 1.00. The summed E-state index contributed by atoms with van der Waals surface area (Å²) in [4.78, 5) is 0. The molecule has 52 valence electrons. The Morgan fingerprint density at radius 2 is 2.00 bits per heavy atom. The van der Waals surface area contributed by atoms with Crippen molar-refractivity contribution in [3.8, 4) is 0 Å². The summed E-state index contributed by atoms with van der Waals surface area (Å²) in [6.45, 7) is 5.27. The molecule has 0 amide bonds. The van der Waals surface area contributed by atoms with Gasteiger partial charge in [0.1, 0.15) is 0 Å². The minimum atomic E-state index is 0. The van der Waals surface area contributed by atoms with Crippen LogP contribution in [0.15, 0.2) is 0 Å². The van der Waals surface area contributed by atoms with Crippen molar-refractivity contribution in [3.63, 3.8) is 0 Å². The molecule has 2 heteroatoms. The van der Waals surface area contributed by atoms with Crippen molar-refractivity contribution in [3.05, 3.63) is 0 Å². The highest BCUT2D eigenvalue weighted by atomic mass is 35.5. The molecule has 0 saturated heterocycles. The van der Waals surface area contributed by atoms with Gasteiger partial charge in [-0.15, -0.1) is 12.4 Å². The number of hydrogen-bond donors (Lipinski definition) is 1. The molecule has 0 spiro atoms. The van der Waals surface area contributed by atoms with Crippen LogP contribution < -0.4 is 5.73 Å². The summed E-state index contributed by atoms with van der Waals surface area (Å²) in [5, 5.41) is 0. The van der Waals surface area contributed by atoms with Crippen LogP contribution in [0, 0.1) is 5.92 Å². The highest BCUT2D eigenvalue weighted by molar-refractivity contribution is 5.85. The van der Waals surface area contributed by atoms with Gasteiger partial charge in [0.2, 0.25) is 0 Å². The van der Waals surface area contributed by atoms with Crippen molar-refractivity contribution >= 4 is 12.4 Å². The summed E-state index contributed by atoms with van der Waals surface area (Å²) in [6.07, 6.45) is 2.44. The molecule has 0 saturated carbocycles. The van der Waals surface area contributed by atoms with Crippen molar-refractivity contribution in [2.45, 2.75) is 26.7 Å². The quantitative estimate of drug-likeness (QED) is 0.631. The van der Waals surface area contributed by atoms with E-state index in [9.17, 15) is 0 Å². The topological polar surface area (TPSA) is 26.0 Å². The molecule has 1 nitrogen and oxygen atoms in total. The summed E-state index contributed by atoms with van der Waals surface area (Å²) in [5.74, 6) is 0.824. The normalized spacial score (nSPS) is 12.4. The molecule has 0 rings (SSSR count). The fourth-order valence-corrected chi connectivity index (χ4v) is 0.489. The van der Waals surface area contributed by atoms with E-state index in [1.54, 1.807) is 0 Å². The van der Waals surface area contributed by atoms with E-state index in [0.29, 0.717) is 0 Å². The summed E-state index contributed by atoms with van der Waals surface area (Å²) >= 11 is 0. The molecule has 0 aromatic heterocycles. The van der Waals surface area contributed by atoms with Gasteiger partial charge in [-0.3, -0.25) is 0 Å². The largest absolute Gasteiger partial charge is 0.330 e. The maximum atomic E-state index is 5.30. The lowest BCUT2D eigenvalue weighted by atomic mass is 10.1. The number of halogens is 1. The van der Waals surface area contributed by atoms with E-state index in [-0.39, 0.29) is 12.4 Å². The Morgan fingerprint density at radius 3 is 2.12 bits per heavy atom. The van der Waals surface area contributed by atoms with Gasteiger partial charge in [-0.05, 0) is 18.9 Å². The monoisotopic (exact) mass is 137 g/mol. The first kappa shape index (κ1) is 11.1. The molecule has 0 radical (unpaired) electrons. The van der Waals surface area contributed by atoms with Gasteiger partial charge >= 0.3 is 0 Å². The third kappa shape index (κ3) is 6.25. The predicted molar refractivity (Wildman–Crippen MR) is 40.4 cm³/mol. The van der Waals surface area contributed by atoms with Gasteiger partial charge in [0.05, 0.1) is 0 Å². The zero-order valence-corrected chi connectivity index (χ0v) is 6.50. The van der Waals surface area contributed by atoms with Crippen molar-refractivity contribution < 1.29 is 0 Å². The molecule has 0 aliphatic heterocycles. The Morgan fingerprint density at radius 1 is 1.50 bits per heavy atom. The molecule has 8 heavy (non-hydrogen) atoms. The highest BCUT2D eigenvalue weighted by Crippen LogP contribution is 2.02. The van der Waals surface area contributed by atoms with Crippen LogP contribution in [0.3, 0.4) is 0 Å². The van der Waals surface area contributed by atoms with Crippen LogP contribution in [-0.4, -0.2) is 6.54 Å². The Hall–Kier alpha value is 0.250. The van der Waals surface area contributed by atoms with Crippen LogP contribution in [0.25, 0.3) is 0 Å². The van der Waals surface area contributed by atoms with E-state index in [0.717, 1.165) is 12.5 Å².